The highest BCUT2D eigenvalue weighted by atomic mass is 16.5. The van der Waals surface area contributed by atoms with Gasteiger partial charge in [-0.3, -0.25) is 0 Å². The molecule has 0 unspecified atom stereocenters. The lowest BCUT2D eigenvalue weighted by Crippen LogP contribution is -2.28. The number of aryl methyl sites for hydroxylation is 2. The van der Waals surface area contributed by atoms with Gasteiger partial charge in [-0.15, -0.1) is 0 Å². The maximum absolute atomic E-state index is 11.7. The molecule has 0 atom stereocenters. The summed E-state index contributed by atoms with van der Waals surface area (Å²) in [4.78, 5) is 11.7. The molecule has 1 aliphatic rings. The molecule has 1 N–H and O–H groups in total. The number of carbonyl (C=O) groups is 1. The third-order valence-corrected chi connectivity index (χ3v) is 4.78. The first-order chi connectivity index (χ1) is 13.3. The van der Waals surface area contributed by atoms with Gasteiger partial charge in [-0.2, -0.15) is 0 Å². The second kappa shape index (κ2) is 8.16. The standard InChI is InChI=1S/C22H23NO4/c24-22(26-15-16-6-2-1-3-7-16)23-12-13-25-17-10-11-19-18-8-4-5-9-20(18)27-21(19)14-17/h1-3,6-7,10-11,14H,4-5,8-9,12-13,15H2,(H,23,24). The second-order valence-corrected chi connectivity index (χ2v) is 6.71. The minimum absolute atomic E-state index is 0.257. The predicted molar refractivity (Wildman–Crippen MR) is 103 cm³/mol. The molecule has 1 aliphatic carbocycles. The fourth-order valence-corrected chi connectivity index (χ4v) is 3.43. The predicted octanol–water partition coefficient (Wildman–Crippen LogP) is 4.62. The van der Waals surface area contributed by atoms with Crippen LogP contribution in [0.2, 0.25) is 0 Å². The Balaban J connectivity index is 1.24. The van der Waals surface area contributed by atoms with Gasteiger partial charge in [-0.05, 0) is 37.0 Å². The number of carbonyl (C=O) groups excluding carboxylic acids is 1. The maximum Gasteiger partial charge on any atom is 0.407 e. The molecule has 1 heterocycles. The fourth-order valence-electron chi connectivity index (χ4n) is 3.43. The van der Waals surface area contributed by atoms with Gasteiger partial charge in [-0.1, -0.05) is 30.3 Å². The van der Waals surface area contributed by atoms with Crippen molar-refractivity contribution in [3.05, 3.63) is 65.4 Å². The summed E-state index contributed by atoms with van der Waals surface area (Å²) < 4.78 is 16.9. The summed E-state index contributed by atoms with van der Waals surface area (Å²) >= 11 is 0. The number of fused-ring (bicyclic) bond motifs is 3. The van der Waals surface area contributed by atoms with E-state index < -0.39 is 6.09 Å². The lowest BCUT2D eigenvalue weighted by molar-refractivity contribution is 0.137. The van der Waals surface area contributed by atoms with Crippen LogP contribution in [0.25, 0.3) is 11.0 Å². The minimum Gasteiger partial charge on any atom is -0.492 e. The van der Waals surface area contributed by atoms with Crippen LogP contribution in [0, 0.1) is 0 Å². The summed E-state index contributed by atoms with van der Waals surface area (Å²) in [6.45, 7) is 1.00. The average Bonchev–Trinajstić information content (AvgIpc) is 3.08. The monoisotopic (exact) mass is 365 g/mol. The zero-order chi connectivity index (χ0) is 18.5. The lowest BCUT2D eigenvalue weighted by Gasteiger charge is -2.09. The van der Waals surface area contributed by atoms with Crippen LogP contribution in [0.4, 0.5) is 4.79 Å². The van der Waals surface area contributed by atoms with E-state index in [1.807, 2.05) is 42.5 Å². The molecule has 0 radical (unpaired) electrons. The highest BCUT2D eigenvalue weighted by molar-refractivity contribution is 5.83. The topological polar surface area (TPSA) is 60.7 Å². The van der Waals surface area contributed by atoms with Crippen molar-refractivity contribution in [3.63, 3.8) is 0 Å². The smallest absolute Gasteiger partial charge is 0.407 e. The zero-order valence-electron chi connectivity index (χ0n) is 15.2. The third-order valence-electron chi connectivity index (χ3n) is 4.78. The molecule has 0 spiro atoms. The van der Waals surface area contributed by atoms with Gasteiger partial charge in [-0.25, -0.2) is 4.79 Å². The molecule has 27 heavy (non-hydrogen) atoms. The molecule has 1 aromatic heterocycles. The van der Waals surface area contributed by atoms with Crippen LogP contribution in [0.15, 0.2) is 52.9 Å². The first-order valence-electron chi connectivity index (χ1n) is 9.41. The van der Waals surface area contributed by atoms with Crippen molar-refractivity contribution < 1.29 is 18.7 Å². The summed E-state index contributed by atoms with van der Waals surface area (Å²) in [5.41, 5.74) is 3.19. The van der Waals surface area contributed by atoms with E-state index in [1.54, 1.807) is 0 Å². The van der Waals surface area contributed by atoms with Gasteiger partial charge in [0, 0.05) is 23.4 Å². The molecule has 0 bridgehead atoms. The van der Waals surface area contributed by atoms with Crippen LogP contribution < -0.4 is 10.1 Å². The van der Waals surface area contributed by atoms with Gasteiger partial charge >= 0.3 is 6.09 Å². The van der Waals surface area contributed by atoms with E-state index in [-0.39, 0.29) is 6.61 Å². The summed E-state index contributed by atoms with van der Waals surface area (Å²) in [6.07, 6.45) is 4.09. The van der Waals surface area contributed by atoms with Crippen LogP contribution in [0.3, 0.4) is 0 Å². The van der Waals surface area contributed by atoms with E-state index in [0.717, 1.165) is 35.5 Å². The van der Waals surface area contributed by atoms with Gasteiger partial charge in [0.25, 0.3) is 0 Å². The number of nitrogens with one attached hydrogen (secondary N) is 1. The summed E-state index contributed by atoms with van der Waals surface area (Å²) in [5, 5.41) is 3.88. The number of benzene rings is 2. The highest BCUT2D eigenvalue weighted by Gasteiger charge is 2.17. The van der Waals surface area contributed by atoms with E-state index in [0.29, 0.717) is 13.2 Å². The summed E-state index contributed by atoms with van der Waals surface area (Å²) in [7, 11) is 0. The van der Waals surface area contributed by atoms with Crippen molar-refractivity contribution in [1.82, 2.24) is 5.32 Å². The fraction of sp³-hybridized carbons (Fsp3) is 0.318. The number of alkyl carbamates (subject to hydrolysis) is 1. The van der Waals surface area contributed by atoms with Gasteiger partial charge in [0.15, 0.2) is 0 Å². The number of hydrogen-bond donors (Lipinski definition) is 1. The van der Waals surface area contributed by atoms with Crippen molar-refractivity contribution in [1.29, 1.82) is 0 Å². The Morgan fingerprint density at radius 3 is 2.81 bits per heavy atom. The molecular weight excluding hydrogens is 342 g/mol. The highest BCUT2D eigenvalue weighted by Crippen LogP contribution is 2.33. The SMILES string of the molecule is O=C(NCCOc1ccc2c3c(oc2c1)CCCC3)OCc1ccccc1. The van der Waals surface area contributed by atoms with E-state index in [4.69, 9.17) is 13.9 Å². The number of ether oxygens (including phenoxy) is 2. The summed E-state index contributed by atoms with van der Waals surface area (Å²) in [6, 6.07) is 15.5. The third kappa shape index (κ3) is 4.25. The molecule has 3 aromatic rings. The molecule has 5 nitrogen and oxygen atoms in total. The van der Waals surface area contributed by atoms with Crippen molar-refractivity contribution in [2.45, 2.75) is 32.3 Å². The second-order valence-electron chi connectivity index (χ2n) is 6.71. The number of amides is 1. The lowest BCUT2D eigenvalue weighted by atomic mass is 9.96. The van der Waals surface area contributed by atoms with Gasteiger partial charge in [0.05, 0.1) is 6.54 Å². The van der Waals surface area contributed by atoms with E-state index in [9.17, 15) is 4.79 Å². The van der Waals surface area contributed by atoms with E-state index in [2.05, 4.69) is 11.4 Å². The largest absolute Gasteiger partial charge is 0.492 e. The number of rotatable bonds is 6. The average molecular weight is 365 g/mol. The van der Waals surface area contributed by atoms with Crippen LogP contribution in [0.1, 0.15) is 29.7 Å². The van der Waals surface area contributed by atoms with Crippen molar-refractivity contribution in [3.8, 4) is 5.75 Å². The molecular formula is C22H23NO4. The van der Waals surface area contributed by atoms with Gasteiger partial charge < -0.3 is 19.2 Å². The number of furan rings is 1. The molecule has 2 aromatic carbocycles. The quantitative estimate of drug-likeness (QED) is 0.648. The van der Waals surface area contributed by atoms with Crippen molar-refractivity contribution in [2.75, 3.05) is 13.2 Å². The number of hydrogen-bond acceptors (Lipinski definition) is 4. The molecule has 0 saturated heterocycles. The Kier molecular flexibility index (Phi) is 5.28. The Bertz CT molecular complexity index is 917. The first kappa shape index (κ1) is 17.5. The molecule has 0 aliphatic heterocycles. The van der Waals surface area contributed by atoms with Crippen LogP contribution in [-0.2, 0) is 24.2 Å². The first-order valence-corrected chi connectivity index (χ1v) is 9.41. The normalized spacial score (nSPS) is 13.2. The molecule has 5 heteroatoms. The zero-order valence-corrected chi connectivity index (χ0v) is 15.2. The summed E-state index contributed by atoms with van der Waals surface area (Å²) in [5.74, 6) is 1.87. The minimum atomic E-state index is -0.448. The maximum atomic E-state index is 11.7. The molecule has 140 valence electrons. The Labute approximate surface area is 158 Å². The van der Waals surface area contributed by atoms with E-state index >= 15 is 0 Å². The Hall–Kier alpha value is -2.95. The van der Waals surface area contributed by atoms with Crippen molar-refractivity contribution >= 4 is 17.1 Å². The Morgan fingerprint density at radius 1 is 1.07 bits per heavy atom. The van der Waals surface area contributed by atoms with Crippen LogP contribution in [-0.4, -0.2) is 19.2 Å². The molecule has 0 fully saturated rings. The van der Waals surface area contributed by atoms with Gasteiger partial charge in [0.1, 0.15) is 30.3 Å². The van der Waals surface area contributed by atoms with Crippen molar-refractivity contribution in [2.24, 2.45) is 0 Å². The van der Waals surface area contributed by atoms with Gasteiger partial charge in [0.2, 0.25) is 0 Å². The van der Waals surface area contributed by atoms with Crippen LogP contribution >= 0.6 is 0 Å². The Morgan fingerprint density at radius 2 is 1.93 bits per heavy atom. The molecule has 1 amide bonds. The van der Waals surface area contributed by atoms with Crippen LogP contribution in [0.5, 0.6) is 5.75 Å². The molecule has 4 rings (SSSR count). The van der Waals surface area contributed by atoms with E-state index in [1.165, 1.54) is 23.8 Å². The molecule has 0 saturated carbocycles.